The molecule has 0 amide bonds. The van der Waals surface area contributed by atoms with Crippen LogP contribution < -0.4 is 4.89 Å². The molecule has 4 rings (SSSR count). The zero-order valence-electron chi connectivity index (χ0n) is 20.7. The molecule has 9 heteroatoms. The van der Waals surface area contributed by atoms with Crippen LogP contribution in [-0.2, 0) is 33.1 Å². The molecular formula is C29H25F3O3S3. The largest absolute Gasteiger partial charge is 0.416 e. The number of rotatable bonds is 10. The van der Waals surface area contributed by atoms with Crippen molar-refractivity contribution in [2.75, 3.05) is 0 Å². The summed E-state index contributed by atoms with van der Waals surface area (Å²) in [4.78, 5) is 23.9. The van der Waals surface area contributed by atoms with E-state index < -0.39 is 17.7 Å². The van der Waals surface area contributed by atoms with Crippen molar-refractivity contribution in [2.24, 2.45) is 0 Å². The number of aryl methyl sites for hydroxylation is 1. The number of alkyl halides is 3. The maximum absolute atomic E-state index is 13.0. The van der Waals surface area contributed by atoms with E-state index in [1.165, 1.54) is 35.1 Å². The van der Waals surface area contributed by atoms with Crippen molar-refractivity contribution in [3.8, 4) is 16.2 Å². The SMILES string of the molecule is CC(=O)OOc1ccc(SCc2sc(-c3ccc(C(F)(F)F)cc3)cc2CSCc2ccccc2)cc1C. The van der Waals surface area contributed by atoms with Crippen molar-refractivity contribution in [1.29, 1.82) is 0 Å². The molecular weight excluding hydrogens is 550 g/mol. The number of thioether (sulfide) groups is 2. The summed E-state index contributed by atoms with van der Waals surface area (Å²) in [7, 11) is 0. The van der Waals surface area contributed by atoms with Crippen LogP contribution in [0.4, 0.5) is 13.2 Å². The minimum atomic E-state index is -4.36. The van der Waals surface area contributed by atoms with Gasteiger partial charge in [-0.05, 0) is 65.6 Å². The molecule has 0 fully saturated rings. The summed E-state index contributed by atoms with van der Waals surface area (Å²) in [5.74, 6) is 2.35. The maximum Gasteiger partial charge on any atom is 0.416 e. The Morgan fingerprint density at radius 1 is 0.921 bits per heavy atom. The van der Waals surface area contributed by atoms with Crippen LogP contribution in [0.25, 0.3) is 10.4 Å². The van der Waals surface area contributed by atoms with E-state index in [9.17, 15) is 18.0 Å². The first kappa shape index (κ1) is 28.1. The van der Waals surface area contributed by atoms with Gasteiger partial charge in [-0.1, -0.05) is 42.5 Å². The average Bonchev–Trinajstić information content (AvgIpc) is 3.30. The third-order valence-corrected chi connectivity index (χ3v) is 9.01. The molecule has 0 saturated heterocycles. The smallest absolute Gasteiger partial charge is 0.287 e. The van der Waals surface area contributed by atoms with Gasteiger partial charge >= 0.3 is 12.1 Å². The van der Waals surface area contributed by atoms with Gasteiger partial charge in [0.1, 0.15) is 0 Å². The molecule has 0 spiro atoms. The third-order valence-electron chi connectivity index (χ3n) is 5.53. The van der Waals surface area contributed by atoms with Crippen LogP contribution in [0.3, 0.4) is 0 Å². The molecule has 3 nitrogen and oxygen atoms in total. The first-order chi connectivity index (χ1) is 18.2. The van der Waals surface area contributed by atoms with Crippen molar-refractivity contribution in [3.05, 3.63) is 106 Å². The number of carbonyl (C=O) groups excluding carboxylic acids is 1. The molecule has 3 aromatic carbocycles. The molecule has 0 radical (unpaired) electrons. The molecule has 0 unspecified atom stereocenters. The Kier molecular flexibility index (Phi) is 9.46. The fourth-order valence-electron chi connectivity index (χ4n) is 3.59. The number of carbonyl (C=O) groups is 1. The molecule has 0 aliphatic rings. The highest BCUT2D eigenvalue weighted by Crippen LogP contribution is 2.39. The van der Waals surface area contributed by atoms with Crippen molar-refractivity contribution in [3.63, 3.8) is 0 Å². The molecule has 1 heterocycles. The molecule has 0 atom stereocenters. The molecule has 0 N–H and O–H groups in total. The number of hydrogen-bond acceptors (Lipinski definition) is 6. The lowest BCUT2D eigenvalue weighted by Crippen LogP contribution is -2.03. The molecule has 0 aliphatic carbocycles. The summed E-state index contributed by atoms with van der Waals surface area (Å²) in [6, 6.07) is 23.3. The van der Waals surface area contributed by atoms with Gasteiger partial charge in [0.25, 0.3) is 0 Å². The second-order valence-electron chi connectivity index (χ2n) is 8.49. The predicted molar refractivity (Wildman–Crippen MR) is 149 cm³/mol. The summed E-state index contributed by atoms with van der Waals surface area (Å²) in [6.07, 6.45) is -4.36. The predicted octanol–water partition coefficient (Wildman–Crippen LogP) is 9.32. The zero-order valence-corrected chi connectivity index (χ0v) is 23.2. The Hall–Kier alpha value is -2.88. The summed E-state index contributed by atoms with van der Waals surface area (Å²) in [6.45, 7) is 3.15. The van der Waals surface area contributed by atoms with Crippen LogP contribution in [0.2, 0.25) is 0 Å². The van der Waals surface area contributed by atoms with E-state index in [-0.39, 0.29) is 0 Å². The Morgan fingerprint density at radius 2 is 1.66 bits per heavy atom. The van der Waals surface area contributed by atoms with Gasteiger partial charge in [-0.15, -0.1) is 23.1 Å². The van der Waals surface area contributed by atoms with E-state index in [0.717, 1.165) is 50.3 Å². The van der Waals surface area contributed by atoms with Crippen LogP contribution >= 0.6 is 34.9 Å². The Morgan fingerprint density at radius 3 is 2.32 bits per heavy atom. The van der Waals surface area contributed by atoms with Gasteiger partial charge in [0.05, 0.1) is 5.56 Å². The quantitative estimate of drug-likeness (QED) is 0.107. The van der Waals surface area contributed by atoms with Gasteiger partial charge in [-0.3, -0.25) is 9.78 Å². The van der Waals surface area contributed by atoms with E-state index >= 15 is 0 Å². The topological polar surface area (TPSA) is 35.5 Å². The number of halogens is 3. The second kappa shape index (κ2) is 12.8. The summed E-state index contributed by atoms with van der Waals surface area (Å²) < 4.78 is 39.1. The molecule has 4 aromatic rings. The first-order valence-electron chi connectivity index (χ1n) is 11.7. The summed E-state index contributed by atoms with van der Waals surface area (Å²) >= 11 is 5.09. The first-order valence-corrected chi connectivity index (χ1v) is 14.6. The second-order valence-corrected chi connectivity index (χ2v) is 11.7. The van der Waals surface area contributed by atoms with Crippen LogP contribution in [0.5, 0.6) is 5.75 Å². The van der Waals surface area contributed by atoms with E-state index in [4.69, 9.17) is 4.89 Å². The number of thiophene rings is 1. The lowest BCUT2D eigenvalue weighted by molar-refractivity contribution is -0.211. The van der Waals surface area contributed by atoms with Gasteiger partial charge in [0.2, 0.25) is 0 Å². The van der Waals surface area contributed by atoms with Crippen LogP contribution in [0.15, 0.2) is 83.8 Å². The van der Waals surface area contributed by atoms with E-state index in [2.05, 4.69) is 23.1 Å². The molecule has 0 bridgehead atoms. The monoisotopic (exact) mass is 574 g/mol. The Bertz CT molecular complexity index is 1370. The van der Waals surface area contributed by atoms with Crippen molar-refractivity contribution < 1.29 is 27.7 Å². The van der Waals surface area contributed by atoms with E-state index in [0.29, 0.717) is 5.75 Å². The number of benzene rings is 3. The van der Waals surface area contributed by atoms with Gasteiger partial charge < -0.3 is 0 Å². The van der Waals surface area contributed by atoms with Crippen molar-refractivity contribution >= 4 is 40.8 Å². The fourth-order valence-corrected chi connectivity index (χ4v) is 6.99. The van der Waals surface area contributed by atoms with Crippen LogP contribution in [-0.4, -0.2) is 5.97 Å². The van der Waals surface area contributed by atoms with Crippen molar-refractivity contribution in [2.45, 2.75) is 42.2 Å². The Balaban J connectivity index is 1.50. The fraction of sp³-hybridized carbons (Fsp3) is 0.207. The van der Waals surface area contributed by atoms with Crippen LogP contribution in [0, 0.1) is 6.92 Å². The minimum absolute atomic E-state index is 0.475. The average molecular weight is 575 g/mol. The van der Waals surface area contributed by atoms with Crippen LogP contribution in [0.1, 0.15) is 34.1 Å². The highest BCUT2D eigenvalue weighted by atomic mass is 32.2. The highest BCUT2D eigenvalue weighted by Gasteiger charge is 2.30. The molecule has 0 aliphatic heterocycles. The highest BCUT2D eigenvalue weighted by molar-refractivity contribution is 7.98. The maximum atomic E-state index is 13.0. The molecule has 1 aromatic heterocycles. The van der Waals surface area contributed by atoms with Crippen molar-refractivity contribution in [1.82, 2.24) is 0 Å². The zero-order chi connectivity index (χ0) is 27.1. The summed E-state index contributed by atoms with van der Waals surface area (Å²) in [5, 5.41) is 0. The van der Waals surface area contributed by atoms with E-state index in [1.807, 2.05) is 49.0 Å². The normalized spacial score (nSPS) is 11.4. The Labute approximate surface area is 232 Å². The van der Waals surface area contributed by atoms with Gasteiger partial charge in [-0.2, -0.15) is 24.9 Å². The summed E-state index contributed by atoms with van der Waals surface area (Å²) in [5.41, 5.74) is 3.40. The molecule has 198 valence electrons. The number of hydrogen-bond donors (Lipinski definition) is 0. The minimum Gasteiger partial charge on any atom is -0.287 e. The van der Waals surface area contributed by atoms with Gasteiger partial charge in [0.15, 0.2) is 5.75 Å². The molecule has 38 heavy (non-hydrogen) atoms. The van der Waals surface area contributed by atoms with Gasteiger partial charge in [-0.25, -0.2) is 4.79 Å². The third kappa shape index (κ3) is 7.82. The van der Waals surface area contributed by atoms with Gasteiger partial charge in [0, 0.05) is 38.8 Å². The van der Waals surface area contributed by atoms with E-state index in [1.54, 1.807) is 29.2 Å². The molecule has 0 saturated carbocycles. The standard InChI is InChI=1S/C29H25F3O3S3/c1-19-14-25(12-13-26(19)35-34-20(2)33)37-18-28-23(17-36-16-21-6-4-3-5-7-21)15-27(38-28)22-8-10-24(11-9-22)29(30,31)32/h3-15H,16-18H2,1-2H3. The lowest BCUT2D eigenvalue weighted by atomic mass is 10.1. The lowest BCUT2D eigenvalue weighted by Gasteiger charge is -2.08.